The minimum Gasteiger partial charge on any atom is -0.497 e. The van der Waals surface area contributed by atoms with Crippen LogP contribution in [0.2, 0.25) is 0 Å². The Morgan fingerprint density at radius 3 is 2.52 bits per heavy atom. The molecule has 0 aliphatic carbocycles. The zero-order valence-corrected chi connectivity index (χ0v) is 16.0. The summed E-state index contributed by atoms with van der Waals surface area (Å²) < 4.78 is 29.0. The number of ether oxygens (including phenoxy) is 5. The van der Waals surface area contributed by atoms with Gasteiger partial charge in [-0.1, -0.05) is 6.08 Å². The SMILES string of the molecule is COc1ccc(N2C(=O)C=CC[C@@H]2[C@H]2O[C@@H]3OC(C)(C)O[C@@H]3[C@H]2OC)cc1. The normalized spacial score (nSPS) is 34.7. The molecule has 0 bridgehead atoms. The largest absolute Gasteiger partial charge is 0.497 e. The highest BCUT2D eigenvalue weighted by atomic mass is 16.8. The summed E-state index contributed by atoms with van der Waals surface area (Å²) in [6.07, 6.45) is 2.60. The van der Waals surface area contributed by atoms with E-state index in [-0.39, 0.29) is 30.3 Å². The fourth-order valence-corrected chi connectivity index (χ4v) is 4.08. The highest BCUT2D eigenvalue weighted by Gasteiger charge is 2.58. The van der Waals surface area contributed by atoms with Crippen LogP contribution in [0.25, 0.3) is 0 Å². The van der Waals surface area contributed by atoms with Crippen LogP contribution in [0.1, 0.15) is 20.3 Å². The molecule has 2 fully saturated rings. The van der Waals surface area contributed by atoms with E-state index in [9.17, 15) is 4.79 Å². The second-order valence-corrected chi connectivity index (χ2v) is 7.38. The number of nitrogens with zero attached hydrogens (tertiary/aromatic N) is 1. The van der Waals surface area contributed by atoms with Crippen molar-refractivity contribution in [1.82, 2.24) is 0 Å². The molecule has 3 aliphatic heterocycles. The van der Waals surface area contributed by atoms with Crippen LogP contribution in [-0.2, 0) is 23.7 Å². The summed E-state index contributed by atoms with van der Waals surface area (Å²) in [5, 5.41) is 0. The van der Waals surface area contributed by atoms with Crippen molar-refractivity contribution in [3.63, 3.8) is 0 Å². The van der Waals surface area contributed by atoms with Gasteiger partial charge in [0, 0.05) is 12.8 Å². The molecule has 5 atom stereocenters. The van der Waals surface area contributed by atoms with Crippen LogP contribution in [-0.4, -0.2) is 56.6 Å². The van der Waals surface area contributed by atoms with Gasteiger partial charge in [0.15, 0.2) is 12.1 Å². The zero-order valence-electron chi connectivity index (χ0n) is 16.0. The van der Waals surface area contributed by atoms with E-state index in [1.807, 2.05) is 44.2 Å². The lowest BCUT2D eigenvalue weighted by molar-refractivity contribution is -0.218. The molecular weight excluding hydrogens is 350 g/mol. The van der Waals surface area contributed by atoms with E-state index >= 15 is 0 Å². The molecule has 0 unspecified atom stereocenters. The van der Waals surface area contributed by atoms with Crippen molar-refractivity contribution >= 4 is 11.6 Å². The van der Waals surface area contributed by atoms with Gasteiger partial charge in [0.1, 0.15) is 24.1 Å². The average molecular weight is 375 g/mol. The number of rotatable bonds is 4. The van der Waals surface area contributed by atoms with Gasteiger partial charge < -0.3 is 28.6 Å². The fourth-order valence-electron chi connectivity index (χ4n) is 4.08. The average Bonchev–Trinajstić information content (AvgIpc) is 3.12. The quantitative estimate of drug-likeness (QED) is 0.804. The number of anilines is 1. The standard InChI is InChI=1S/C20H25NO6/c1-20(2)26-18-17(24-4)16(25-19(18)27-20)14-6-5-7-15(22)21(14)12-8-10-13(23-3)11-9-12/h5,7-11,14,16-19H,6H2,1-4H3/t14-,16-,17+,18-,19-/m1/s1. The minimum atomic E-state index is -0.713. The molecule has 7 heteroatoms. The third-order valence-electron chi connectivity index (χ3n) is 5.24. The van der Waals surface area contributed by atoms with E-state index < -0.39 is 12.1 Å². The summed E-state index contributed by atoms with van der Waals surface area (Å²) in [5.41, 5.74) is 0.785. The number of methoxy groups -OCH3 is 2. The Labute approximate surface area is 158 Å². The van der Waals surface area contributed by atoms with E-state index in [4.69, 9.17) is 23.7 Å². The third kappa shape index (κ3) is 3.25. The number of amides is 1. The molecule has 0 spiro atoms. The molecule has 3 aliphatic rings. The Hall–Kier alpha value is -1.93. The van der Waals surface area contributed by atoms with Gasteiger partial charge in [-0.15, -0.1) is 0 Å². The van der Waals surface area contributed by atoms with E-state index in [1.165, 1.54) is 0 Å². The van der Waals surface area contributed by atoms with Crippen molar-refractivity contribution in [2.45, 2.75) is 56.7 Å². The van der Waals surface area contributed by atoms with Crippen LogP contribution < -0.4 is 9.64 Å². The van der Waals surface area contributed by atoms with Crippen LogP contribution in [0.15, 0.2) is 36.4 Å². The van der Waals surface area contributed by atoms with Gasteiger partial charge in [0.05, 0.1) is 13.2 Å². The number of carbonyl (C=O) groups is 1. The molecule has 1 amide bonds. The number of carbonyl (C=O) groups excluding carboxylic acids is 1. The van der Waals surface area contributed by atoms with Crippen LogP contribution in [0.4, 0.5) is 5.69 Å². The second kappa shape index (κ2) is 6.91. The van der Waals surface area contributed by atoms with Gasteiger partial charge in [-0.3, -0.25) is 4.79 Å². The first kappa shape index (κ1) is 18.4. The van der Waals surface area contributed by atoms with Gasteiger partial charge in [0.25, 0.3) is 5.91 Å². The summed E-state index contributed by atoms with van der Waals surface area (Å²) in [6.45, 7) is 3.71. The van der Waals surface area contributed by atoms with Crippen LogP contribution in [0, 0.1) is 0 Å². The predicted octanol–water partition coefficient (Wildman–Crippen LogP) is 2.25. The molecule has 0 saturated carbocycles. The van der Waals surface area contributed by atoms with Gasteiger partial charge >= 0.3 is 0 Å². The van der Waals surface area contributed by atoms with Gasteiger partial charge in [-0.05, 0) is 50.6 Å². The lowest BCUT2D eigenvalue weighted by atomic mass is 9.95. The first-order chi connectivity index (χ1) is 12.9. The summed E-state index contributed by atoms with van der Waals surface area (Å²) in [4.78, 5) is 14.5. The molecule has 4 rings (SSSR count). The Balaban J connectivity index is 1.62. The lowest BCUT2D eigenvalue weighted by Gasteiger charge is -2.38. The van der Waals surface area contributed by atoms with Crippen LogP contribution in [0.3, 0.4) is 0 Å². The maximum atomic E-state index is 12.7. The van der Waals surface area contributed by atoms with Crippen molar-refractivity contribution in [1.29, 1.82) is 0 Å². The molecule has 7 nitrogen and oxygen atoms in total. The number of hydrogen-bond acceptors (Lipinski definition) is 6. The molecule has 0 N–H and O–H groups in total. The topological polar surface area (TPSA) is 66.5 Å². The minimum absolute atomic E-state index is 0.0888. The van der Waals surface area contributed by atoms with E-state index in [0.29, 0.717) is 6.42 Å². The summed E-state index contributed by atoms with van der Waals surface area (Å²) >= 11 is 0. The van der Waals surface area contributed by atoms with Crippen molar-refractivity contribution in [2.75, 3.05) is 19.1 Å². The first-order valence-electron chi connectivity index (χ1n) is 9.11. The molecule has 146 valence electrons. The molecular formula is C20H25NO6. The van der Waals surface area contributed by atoms with Gasteiger partial charge in [-0.25, -0.2) is 0 Å². The highest BCUT2D eigenvalue weighted by molar-refractivity contribution is 6.03. The maximum absolute atomic E-state index is 12.7. The second-order valence-electron chi connectivity index (χ2n) is 7.38. The maximum Gasteiger partial charge on any atom is 0.251 e. The lowest BCUT2D eigenvalue weighted by Crippen LogP contribution is -2.53. The Kier molecular flexibility index (Phi) is 4.71. The van der Waals surface area contributed by atoms with E-state index in [1.54, 1.807) is 25.2 Å². The third-order valence-corrected chi connectivity index (χ3v) is 5.24. The first-order valence-corrected chi connectivity index (χ1v) is 9.11. The van der Waals surface area contributed by atoms with Crippen molar-refractivity contribution in [3.8, 4) is 5.75 Å². The Morgan fingerprint density at radius 1 is 1.11 bits per heavy atom. The van der Waals surface area contributed by atoms with Crippen molar-refractivity contribution in [3.05, 3.63) is 36.4 Å². The fraction of sp³-hybridized carbons (Fsp3) is 0.550. The van der Waals surface area contributed by atoms with Crippen LogP contribution in [0.5, 0.6) is 5.75 Å². The summed E-state index contributed by atoms with van der Waals surface area (Å²) in [5.74, 6) is -0.0652. The number of benzene rings is 1. The van der Waals surface area contributed by atoms with Crippen molar-refractivity contribution in [2.24, 2.45) is 0 Å². The smallest absolute Gasteiger partial charge is 0.251 e. The van der Waals surface area contributed by atoms with Gasteiger partial charge in [-0.2, -0.15) is 0 Å². The van der Waals surface area contributed by atoms with Crippen LogP contribution >= 0.6 is 0 Å². The molecule has 1 aromatic rings. The highest BCUT2D eigenvalue weighted by Crippen LogP contribution is 2.41. The predicted molar refractivity (Wildman–Crippen MR) is 97.5 cm³/mol. The molecule has 0 aromatic heterocycles. The Bertz CT molecular complexity index is 730. The monoisotopic (exact) mass is 375 g/mol. The van der Waals surface area contributed by atoms with E-state index in [2.05, 4.69) is 0 Å². The molecule has 3 heterocycles. The van der Waals surface area contributed by atoms with E-state index in [0.717, 1.165) is 11.4 Å². The number of hydrogen-bond donors (Lipinski definition) is 0. The summed E-state index contributed by atoms with van der Waals surface area (Å²) in [6, 6.07) is 7.20. The Morgan fingerprint density at radius 2 is 1.85 bits per heavy atom. The zero-order chi connectivity index (χ0) is 19.2. The molecule has 0 radical (unpaired) electrons. The summed E-state index contributed by atoms with van der Waals surface area (Å²) in [7, 11) is 3.25. The van der Waals surface area contributed by atoms with Crippen molar-refractivity contribution < 1.29 is 28.5 Å². The molecule has 2 saturated heterocycles. The number of fused-ring (bicyclic) bond motifs is 1. The molecule has 27 heavy (non-hydrogen) atoms. The molecule has 1 aromatic carbocycles. The van der Waals surface area contributed by atoms with Gasteiger partial charge in [0.2, 0.25) is 0 Å².